The number of fused-ring (bicyclic) bond motifs is 1. The summed E-state index contributed by atoms with van der Waals surface area (Å²) in [4.78, 5) is 1.09. The molecule has 0 amide bonds. The molecule has 76 valence electrons. The van der Waals surface area contributed by atoms with E-state index in [1.807, 2.05) is 12.2 Å². The molecule has 1 aromatic carbocycles. The molecule has 1 heteroatoms. The summed E-state index contributed by atoms with van der Waals surface area (Å²) in [6.45, 7) is 5.86. The van der Waals surface area contributed by atoms with Crippen molar-refractivity contribution in [2.75, 3.05) is 0 Å². The van der Waals surface area contributed by atoms with E-state index in [1.165, 1.54) is 22.3 Å². The predicted molar refractivity (Wildman–Crippen MR) is 69.3 cm³/mol. The van der Waals surface area contributed by atoms with Crippen molar-refractivity contribution in [1.29, 1.82) is 0 Å². The number of thiol groups is 1. The molecule has 0 radical (unpaired) electrons. The van der Waals surface area contributed by atoms with Crippen molar-refractivity contribution < 1.29 is 0 Å². The van der Waals surface area contributed by atoms with Crippen molar-refractivity contribution in [3.05, 3.63) is 59.7 Å². The Morgan fingerprint density at radius 2 is 2.20 bits per heavy atom. The molecule has 0 aromatic heterocycles. The zero-order chi connectivity index (χ0) is 10.8. The van der Waals surface area contributed by atoms with Crippen LogP contribution >= 0.6 is 12.6 Å². The summed E-state index contributed by atoms with van der Waals surface area (Å²) in [6.07, 6.45) is 6.93. The normalized spacial score (nSPS) is 14.8. The van der Waals surface area contributed by atoms with Crippen LogP contribution in [-0.4, -0.2) is 0 Å². The van der Waals surface area contributed by atoms with Crippen molar-refractivity contribution in [2.45, 2.75) is 18.2 Å². The van der Waals surface area contributed by atoms with Crippen molar-refractivity contribution in [2.24, 2.45) is 0 Å². The second-order valence-corrected chi connectivity index (χ2v) is 4.21. The van der Waals surface area contributed by atoms with E-state index in [4.69, 9.17) is 0 Å². The summed E-state index contributed by atoms with van der Waals surface area (Å²) >= 11 is 4.49. The van der Waals surface area contributed by atoms with E-state index in [2.05, 4.69) is 50.4 Å². The van der Waals surface area contributed by atoms with E-state index in [-0.39, 0.29) is 0 Å². The Bertz CT molecular complexity index is 464. The molecule has 0 atom stereocenters. The first-order chi connectivity index (χ1) is 7.24. The molecule has 0 N–H and O–H groups in total. The maximum absolute atomic E-state index is 4.49. The molecule has 0 unspecified atom stereocenters. The second kappa shape index (κ2) is 4.11. The number of benzene rings is 1. The minimum atomic E-state index is 0.991. The largest absolute Gasteiger partial charge is 0.143 e. The van der Waals surface area contributed by atoms with Gasteiger partial charge in [-0.1, -0.05) is 36.9 Å². The molecule has 1 aliphatic rings. The van der Waals surface area contributed by atoms with Gasteiger partial charge in [-0.15, -0.1) is 12.6 Å². The average molecular weight is 214 g/mol. The minimum Gasteiger partial charge on any atom is -0.143 e. The average Bonchev–Trinajstić information content (AvgIpc) is 2.55. The van der Waals surface area contributed by atoms with Crippen molar-refractivity contribution in [3.63, 3.8) is 0 Å². The molecule has 1 aromatic rings. The zero-order valence-electron chi connectivity index (χ0n) is 8.83. The summed E-state index contributed by atoms with van der Waals surface area (Å²) in [7, 11) is 0. The van der Waals surface area contributed by atoms with Crippen molar-refractivity contribution in [1.82, 2.24) is 0 Å². The maximum atomic E-state index is 4.49. The fourth-order valence-corrected chi connectivity index (χ4v) is 2.26. The number of allylic oxidation sites excluding steroid dienone is 5. The highest BCUT2D eigenvalue weighted by atomic mass is 32.1. The summed E-state index contributed by atoms with van der Waals surface area (Å²) in [5, 5.41) is 0. The summed E-state index contributed by atoms with van der Waals surface area (Å²) in [5.74, 6) is 0. The molecule has 0 heterocycles. The Morgan fingerprint density at radius 1 is 1.40 bits per heavy atom. The lowest BCUT2D eigenvalue weighted by Gasteiger charge is -2.02. The summed E-state index contributed by atoms with van der Waals surface area (Å²) in [5.41, 5.74) is 5.42. The molecule has 0 spiro atoms. The number of hydrogen-bond acceptors (Lipinski definition) is 1. The van der Waals surface area contributed by atoms with Crippen LogP contribution in [0.25, 0.3) is 5.57 Å². The molecule has 0 saturated carbocycles. The molecule has 0 fully saturated rings. The van der Waals surface area contributed by atoms with Gasteiger partial charge in [-0.25, -0.2) is 0 Å². The van der Waals surface area contributed by atoms with Crippen molar-refractivity contribution in [3.8, 4) is 0 Å². The van der Waals surface area contributed by atoms with Crippen LogP contribution in [0.15, 0.2) is 53.5 Å². The third-order valence-electron chi connectivity index (χ3n) is 2.84. The monoisotopic (exact) mass is 214 g/mol. The van der Waals surface area contributed by atoms with Gasteiger partial charge in [0.1, 0.15) is 0 Å². The van der Waals surface area contributed by atoms with E-state index >= 15 is 0 Å². The van der Waals surface area contributed by atoms with Crippen LogP contribution < -0.4 is 0 Å². The molecule has 15 heavy (non-hydrogen) atoms. The standard InChI is InChI=1S/C14H14S/c1-3-4-6-11-9-13-12(10(11)2)7-5-8-14(13)15/h3-8,15H,1,9H2,2H3/b6-4-. The van der Waals surface area contributed by atoms with Gasteiger partial charge in [0.15, 0.2) is 0 Å². The van der Waals surface area contributed by atoms with E-state index < -0.39 is 0 Å². The lowest BCUT2D eigenvalue weighted by atomic mass is 10.1. The molecule has 0 bridgehead atoms. The van der Waals surface area contributed by atoms with Gasteiger partial charge < -0.3 is 0 Å². The van der Waals surface area contributed by atoms with Crippen LogP contribution in [-0.2, 0) is 6.42 Å². The van der Waals surface area contributed by atoms with E-state index in [9.17, 15) is 0 Å². The van der Waals surface area contributed by atoms with Gasteiger partial charge in [-0.2, -0.15) is 0 Å². The first-order valence-electron chi connectivity index (χ1n) is 5.04. The number of hydrogen-bond donors (Lipinski definition) is 1. The molecule has 0 saturated heterocycles. The van der Waals surface area contributed by atoms with Crippen molar-refractivity contribution >= 4 is 18.2 Å². The lowest BCUT2D eigenvalue weighted by Crippen LogP contribution is -1.84. The highest BCUT2D eigenvalue weighted by molar-refractivity contribution is 7.80. The Kier molecular flexibility index (Phi) is 2.83. The molecule has 2 rings (SSSR count). The molecule has 1 aliphatic carbocycles. The second-order valence-electron chi connectivity index (χ2n) is 3.73. The van der Waals surface area contributed by atoms with E-state index in [0.29, 0.717) is 0 Å². The Labute approximate surface area is 96.4 Å². The van der Waals surface area contributed by atoms with Crippen LogP contribution in [0.4, 0.5) is 0 Å². The van der Waals surface area contributed by atoms with Gasteiger partial charge >= 0.3 is 0 Å². The third-order valence-corrected chi connectivity index (χ3v) is 3.26. The Balaban J connectivity index is 2.45. The van der Waals surface area contributed by atoms with Gasteiger partial charge in [0.2, 0.25) is 0 Å². The summed E-state index contributed by atoms with van der Waals surface area (Å²) < 4.78 is 0. The van der Waals surface area contributed by atoms with E-state index in [0.717, 1.165) is 11.3 Å². The van der Waals surface area contributed by atoms with Gasteiger partial charge in [0.05, 0.1) is 0 Å². The van der Waals surface area contributed by atoms with Gasteiger partial charge in [-0.05, 0) is 41.7 Å². The number of rotatable bonds is 2. The minimum absolute atomic E-state index is 0.991. The Morgan fingerprint density at radius 3 is 2.87 bits per heavy atom. The molecular formula is C14H14S. The van der Waals surface area contributed by atoms with Gasteiger partial charge in [0.25, 0.3) is 0 Å². The summed E-state index contributed by atoms with van der Waals surface area (Å²) in [6, 6.07) is 6.28. The molecule has 0 nitrogen and oxygen atoms in total. The molecular weight excluding hydrogens is 200 g/mol. The fraction of sp³-hybridized carbons (Fsp3) is 0.143. The van der Waals surface area contributed by atoms with Crippen LogP contribution in [0.1, 0.15) is 18.1 Å². The molecule has 0 aliphatic heterocycles. The predicted octanol–water partition coefficient (Wildman–Crippen LogP) is 4.05. The topological polar surface area (TPSA) is 0 Å². The maximum Gasteiger partial charge on any atom is 0.00815 e. The Hall–Kier alpha value is -1.21. The van der Waals surface area contributed by atoms with E-state index in [1.54, 1.807) is 0 Å². The highest BCUT2D eigenvalue weighted by Crippen LogP contribution is 2.36. The quantitative estimate of drug-likeness (QED) is 0.557. The fourth-order valence-electron chi connectivity index (χ4n) is 1.98. The van der Waals surface area contributed by atoms with Crippen LogP contribution in [0.2, 0.25) is 0 Å². The highest BCUT2D eigenvalue weighted by Gasteiger charge is 2.17. The van der Waals surface area contributed by atoms with Crippen LogP contribution in [0, 0.1) is 0 Å². The first kappa shape index (κ1) is 10.3. The smallest absolute Gasteiger partial charge is 0.00815 e. The first-order valence-corrected chi connectivity index (χ1v) is 5.49. The van der Waals surface area contributed by atoms with Crippen LogP contribution in [0.3, 0.4) is 0 Å². The zero-order valence-corrected chi connectivity index (χ0v) is 9.72. The van der Waals surface area contributed by atoms with Crippen LogP contribution in [0.5, 0.6) is 0 Å². The van der Waals surface area contributed by atoms with Gasteiger partial charge in [0, 0.05) is 4.90 Å². The SMILES string of the molecule is C=C/C=C\C1=C(C)c2cccc(S)c2C1. The van der Waals surface area contributed by atoms with Gasteiger partial charge in [-0.3, -0.25) is 0 Å². The third kappa shape index (κ3) is 1.80. The lowest BCUT2D eigenvalue weighted by molar-refractivity contribution is 1.17.